The van der Waals surface area contributed by atoms with Crippen molar-refractivity contribution in [3.63, 3.8) is 0 Å². The Morgan fingerprint density at radius 3 is 2.70 bits per heavy atom. The standard InChI is InChI=1S/C22H37N5O2.HI/c1-2-23-22(25-12-15-29-20-9-5-3-4-6-10-20)26-18-19-8-7-11-24-21(19)27-13-16-28-17-14-27;/h7-8,11,20H,2-6,9-10,12-18H2,1H3,(H2,23,25,26);1H. The smallest absolute Gasteiger partial charge is 0.191 e. The average Bonchev–Trinajstić information content (AvgIpc) is 3.04. The van der Waals surface area contributed by atoms with Crippen LogP contribution in [0.25, 0.3) is 0 Å². The van der Waals surface area contributed by atoms with Crippen LogP contribution < -0.4 is 15.5 Å². The summed E-state index contributed by atoms with van der Waals surface area (Å²) in [5.41, 5.74) is 1.14. The predicted molar refractivity (Wildman–Crippen MR) is 133 cm³/mol. The minimum absolute atomic E-state index is 0. The fraction of sp³-hybridized carbons (Fsp3) is 0.727. The molecule has 1 aromatic rings. The van der Waals surface area contributed by atoms with Gasteiger partial charge < -0.3 is 25.0 Å². The van der Waals surface area contributed by atoms with Gasteiger partial charge in [-0.15, -0.1) is 24.0 Å². The summed E-state index contributed by atoms with van der Waals surface area (Å²) in [6.07, 6.45) is 10.0. The van der Waals surface area contributed by atoms with Gasteiger partial charge in [0, 0.05) is 37.9 Å². The van der Waals surface area contributed by atoms with Crippen LogP contribution in [-0.2, 0) is 16.0 Å². The molecule has 1 aliphatic heterocycles. The van der Waals surface area contributed by atoms with Crippen LogP contribution in [0.2, 0.25) is 0 Å². The third kappa shape index (κ3) is 8.55. The summed E-state index contributed by atoms with van der Waals surface area (Å²) in [5.74, 6) is 1.85. The van der Waals surface area contributed by atoms with Gasteiger partial charge in [-0.05, 0) is 25.8 Å². The first-order valence-electron chi connectivity index (χ1n) is 11.3. The molecule has 2 heterocycles. The van der Waals surface area contributed by atoms with Crippen LogP contribution in [0, 0.1) is 0 Å². The lowest BCUT2D eigenvalue weighted by Gasteiger charge is -2.29. The van der Waals surface area contributed by atoms with E-state index in [-0.39, 0.29) is 24.0 Å². The number of aliphatic imine (C=N–C) groups is 1. The Balaban J connectivity index is 0.00000320. The largest absolute Gasteiger partial charge is 0.378 e. The zero-order chi connectivity index (χ0) is 20.2. The monoisotopic (exact) mass is 531 g/mol. The number of nitrogens with one attached hydrogen (secondary N) is 2. The lowest BCUT2D eigenvalue weighted by atomic mass is 10.1. The van der Waals surface area contributed by atoms with Gasteiger partial charge in [0.25, 0.3) is 0 Å². The van der Waals surface area contributed by atoms with Crippen LogP contribution in [0.5, 0.6) is 0 Å². The highest BCUT2D eigenvalue weighted by atomic mass is 127. The maximum Gasteiger partial charge on any atom is 0.191 e. The normalized spacial score (nSPS) is 18.4. The van der Waals surface area contributed by atoms with Crippen molar-refractivity contribution in [2.75, 3.05) is 50.9 Å². The zero-order valence-corrected chi connectivity index (χ0v) is 20.6. The van der Waals surface area contributed by atoms with Crippen molar-refractivity contribution < 1.29 is 9.47 Å². The van der Waals surface area contributed by atoms with E-state index in [4.69, 9.17) is 14.5 Å². The molecule has 170 valence electrons. The van der Waals surface area contributed by atoms with Crippen LogP contribution in [-0.4, -0.2) is 63.0 Å². The second kappa shape index (κ2) is 14.8. The first kappa shape index (κ1) is 25.1. The van der Waals surface area contributed by atoms with Crippen LogP contribution in [0.15, 0.2) is 23.3 Å². The van der Waals surface area contributed by atoms with E-state index in [2.05, 4.69) is 33.5 Å². The third-order valence-corrected chi connectivity index (χ3v) is 5.48. The summed E-state index contributed by atoms with van der Waals surface area (Å²) in [6, 6.07) is 4.09. The molecule has 1 aliphatic carbocycles. The average molecular weight is 531 g/mol. The molecular formula is C22H38IN5O2. The molecule has 0 aromatic carbocycles. The molecule has 0 spiro atoms. The number of pyridine rings is 1. The third-order valence-electron chi connectivity index (χ3n) is 5.48. The number of rotatable bonds is 8. The number of guanidine groups is 1. The summed E-state index contributed by atoms with van der Waals surface area (Å²) in [4.78, 5) is 11.7. The minimum Gasteiger partial charge on any atom is -0.378 e. The van der Waals surface area contributed by atoms with Gasteiger partial charge in [-0.3, -0.25) is 0 Å². The molecule has 2 aliphatic rings. The molecule has 2 N–H and O–H groups in total. The van der Waals surface area contributed by atoms with Crippen molar-refractivity contribution in [2.45, 2.75) is 58.1 Å². The van der Waals surface area contributed by atoms with Crippen molar-refractivity contribution in [1.29, 1.82) is 0 Å². The van der Waals surface area contributed by atoms with Crippen molar-refractivity contribution in [1.82, 2.24) is 15.6 Å². The molecule has 0 unspecified atom stereocenters. The van der Waals surface area contributed by atoms with E-state index in [0.717, 1.165) is 63.3 Å². The summed E-state index contributed by atoms with van der Waals surface area (Å²) in [5, 5.41) is 6.73. The Hall–Kier alpha value is -1.13. The van der Waals surface area contributed by atoms with Crippen molar-refractivity contribution in [2.24, 2.45) is 4.99 Å². The summed E-state index contributed by atoms with van der Waals surface area (Å²) >= 11 is 0. The first-order chi connectivity index (χ1) is 14.4. The lowest BCUT2D eigenvalue weighted by Crippen LogP contribution is -2.39. The molecular weight excluding hydrogens is 493 g/mol. The fourth-order valence-electron chi connectivity index (χ4n) is 3.92. The van der Waals surface area contributed by atoms with Crippen LogP contribution in [0.4, 0.5) is 5.82 Å². The van der Waals surface area contributed by atoms with Crippen LogP contribution in [0.1, 0.15) is 51.0 Å². The second-order valence-electron chi connectivity index (χ2n) is 7.69. The highest BCUT2D eigenvalue weighted by molar-refractivity contribution is 14.0. The Morgan fingerprint density at radius 2 is 1.97 bits per heavy atom. The van der Waals surface area contributed by atoms with E-state index in [1.165, 1.54) is 38.5 Å². The number of morpholine rings is 1. The lowest BCUT2D eigenvalue weighted by molar-refractivity contribution is 0.0468. The topological polar surface area (TPSA) is 71.0 Å². The van der Waals surface area contributed by atoms with Crippen LogP contribution in [0.3, 0.4) is 0 Å². The molecule has 1 saturated heterocycles. The summed E-state index contributed by atoms with van der Waals surface area (Å²) in [7, 11) is 0. The van der Waals surface area contributed by atoms with Crippen LogP contribution >= 0.6 is 24.0 Å². The highest BCUT2D eigenvalue weighted by Gasteiger charge is 2.16. The number of anilines is 1. The maximum atomic E-state index is 6.08. The van der Waals surface area contributed by atoms with Gasteiger partial charge in [-0.2, -0.15) is 0 Å². The number of aromatic nitrogens is 1. The maximum absolute atomic E-state index is 6.08. The number of ether oxygens (including phenoxy) is 2. The van der Waals surface area contributed by atoms with E-state index in [9.17, 15) is 0 Å². The highest BCUT2D eigenvalue weighted by Crippen LogP contribution is 2.20. The van der Waals surface area contributed by atoms with E-state index in [0.29, 0.717) is 12.6 Å². The molecule has 30 heavy (non-hydrogen) atoms. The predicted octanol–water partition coefficient (Wildman–Crippen LogP) is 3.33. The van der Waals surface area contributed by atoms with E-state index < -0.39 is 0 Å². The van der Waals surface area contributed by atoms with Crippen molar-refractivity contribution >= 4 is 35.8 Å². The number of nitrogens with zero attached hydrogens (tertiary/aromatic N) is 3. The zero-order valence-electron chi connectivity index (χ0n) is 18.3. The van der Waals surface area contributed by atoms with Gasteiger partial charge in [0.2, 0.25) is 0 Å². The van der Waals surface area contributed by atoms with E-state index in [1.54, 1.807) is 0 Å². The molecule has 0 radical (unpaired) electrons. The molecule has 7 nitrogen and oxygen atoms in total. The summed E-state index contributed by atoms with van der Waals surface area (Å²) in [6.45, 7) is 8.28. The van der Waals surface area contributed by atoms with E-state index >= 15 is 0 Å². The Morgan fingerprint density at radius 1 is 1.20 bits per heavy atom. The minimum atomic E-state index is 0. The summed E-state index contributed by atoms with van der Waals surface area (Å²) < 4.78 is 11.5. The molecule has 2 fully saturated rings. The van der Waals surface area contributed by atoms with Gasteiger partial charge in [-0.25, -0.2) is 9.98 Å². The Labute approximate surface area is 198 Å². The number of hydrogen-bond acceptors (Lipinski definition) is 5. The molecule has 1 aromatic heterocycles. The van der Waals surface area contributed by atoms with Gasteiger partial charge in [0.1, 0.15) is 5.82 Å². The Bertz CT molecular complexity index is 617. The van der Waals surface area contributed by atoms with Gasteiger partial charge in [0.15, 0.2) is 5.96 Å². The van der Waals surface area contributed by atoms with Gasteiger partial charge >= 0.3 is 0 Å². The number of hydrogen-bond donors (Lipinski definition) is 2. The Kier molecular flexibility index (Phi) is 12.4. The number of halogens is 1. The first-order valence-corrected chi connectivity index (χ1v) is 11.3. The van der Waals surface area contributed by atoms with Crippen molar-refractivity contribution in [3.05, 3.63) is 23.9 Å². The molecule has 0 atom stereocenters. The SMILES string of the molecule is CCNC(=NCc1cccnc1N1CCOCC1)NCCOC1CCCCCC1.I. The molecule has 0 bridgehead atoms. The molecule has 1 saturated carbocycles. The quantitative estimate of drug-likeness (QED) is 0.176. The van der Waals surface area contributed by atoms with E-state index in [1.807, 2.05) is 12.3 Å². The second-order valence-corrected chi connectivity index (χ2v) is 7.69. The van der Waals surface area contributed by atoms with Gasteiger partial charge in [-0.1, -0.05) is 31.7 Å². The molecule has 8 heteroatoms. The molecule has 3 rings (SSSR count). The molecule has 0 amide bonds. The fourth-order valence-corrected chi connectivity index (χ4v) is 3.92. The van der Waals surface area contributed by atoms with Crippen molar-refractivity contribution in [3.8, 4) is 0 Å². The van der Waals surface area contributed by atoms with Gasteiger partial charge in [0.05, 0.1) is 32.5 Å².